The molecule has 382 valence electrons. The van der Waals surface area contributed by atoms with Gasteiger partial charge in [-0.3, -0.25) is 18.7 Å². The Morgan fingerprint density at radius 1 is 0.797 bits per heavy atom. The highest BCUT2D eigenvalue weighted by Gasteiger charge is 2.58. The number of nitrogens with one attached hydrogen (secondary N) is 2. The third kappa shape index (κ3) is 12.4. The minimum absolute atomic E-state index is 0.207. The van der Waals surface area contributed by atoms with Crippen LogP contribution in [-0.2, 0) is 52.7 Å². The number of ether oxygens (including phenoxy) is 6. The third-order valence-electron chi connectivity index (χ3n) is 12.8. The van der Waals surface area contributed by atoms with E-state index in [-0.39, 0.29) is 54.0 Å². The minimum atomic E-state index is -1.42. The van der Waals surface area contributed by atoms with Crippen molar-refractivity contribution in [3.63, 3.8) is 0 Å². The molecule has 7 rings (SSSR count). The normalized spacial score (nSPS) is 28.8. The van der Waals surface area contributed by atoms with Crippen molar-refractivity contribution in [2.45, 2.75) is 149 Å². The van der Waals surface area contributed by atoms with Gasteiger partial charge in [0.25, 0.3) is 8.53 Å². The van der Waals surface area contributed by atoms with Crippen molar-refractivity contribution in [1.82, 2.24) is 23.8 Å². The predicted molar refractivity (Wildman–Crippen MR) is 257 cm³/mol. The number of hydrogen-bond donors (Lipinski definition) is 3. The van der Waals surface area contributed by atoms with Gasteiger partial charge in [-0.1, -0.05) is 71.9 Å². The highest BCUT2D eigenvalue weighted by Crippen LogP contribution is 2.64. The summed E-state index contributed by atoms with van der Waals surface area (Å²) < 4.78 is 53.4. The number of rotatable bonds is 19. The quantitative estimate of drug-likeness (QED) is 0.102. The number of benzene rings is 1. The van der Waals surface area contributed by atoms with Crippen molar-refractivity contribution in [3.8, 4) is 0 Å². The summed E-state index contributed by atoms with van der Waals surface area (Å²) in [4.78, 5) is 58.2. The van der Waals surface area contributed by atoms with Crippen LogP contribution in [0, 0.1) is 25.7 Å². The summed E-state index contributed by atoms with van der Waals surface area (Å²) in [6.07, 6.45) is 1.48. The largest absolute Gasteiger partial charge is 0.388 e. The molecule has 4 aliphatic heterocycles. The molecule has 0 spiro atoms. The van der Waals surface area contributed by atoms with Crippen LogP contribution in [0.4, 0.5) is 11.6 Å². The number of hydrogen-bond acceptors (Lipinski definition) is 16. The second-order valence-electron chi connectivity index (χ2n) is 18.5. The molecular weight excluding hydrogens is 914 g/mol. The van der Waals surface area contributed by atoms with Crippen LogP contribution in [0.3, 0.4) is 0 Å². The average molecular weight is 986 g/mol. The monoisotopic (exact) mass is 985 g/mol. The number of nitrogens with zero attached hydrogens (tertiary/aromatic N) is 5. The zero-order valence-corrected chi connectivity index (χ0v) is 42.7. The molecule has 2 aromatic heterocycles. The lowest BCUT2D eigenvalue weighted by Crippen LogP contribution is -2.40. The average Bonchev–Trinajstić information content (AvgIpc) is 4.10. The topological polar surface area (TPSA) is 225 Å². The number of aliphatic hydroxyl groups excluding tert-OH is 1. The van der Waals surface area contributed by atoms with Gasteiger partial charge in [0.1, 0.15) is 41.7 Å². The Labute approximate surface area is 405 Å². The Morgan fingerprint density at radius 3 is 1.81 bits per heavy atom. The summed E-state index contributed by atoms with van der Waals surface area (Å²) in [7, 11) is 1.75. The number of carbonyl (C=O) groups excluding carboxylic acids is 2. The number of carbonyl (C=O) groups is 2. The van der Waals surface area contributed by atoms with Crippen molar-refractivity contribution < 1.29 is 52.2 Å². The highest BCUT2D eigenvalue weighted by atomic mass is 31.2. The van der Waals surface area contributed by atoms with E-state index in [2.05, 4.69) is 44.3 Å². The molecule has 1 aromatic carbocycles. The summed E-state index contributed by atoms with van der Waals surface area (Å²) in [5, 5.41) is 15.9. The maximum absolute atomic E-state index is 13.3. The van der Waals surface area contributed by atoms with Gasteiger partial charge in [-0.05, 0) is 52.0 Å². The van der Waals surface area contributed by atoms with Crippen molar-refractivity contribution in [3.05, 3.63) is 80.4 Å². The number of aromatic nitrogens is 4. The Kier molecular flexibility index (Phi) is 19.2. The molecule has 69 heavy (non-hydrogen) atoms. The molecule has 0 radical (unpaired) electrons. The Hall–Kier alpha value is -4.05. The van der Waals surface area contributed by atoms with Gasteiger partial charge in [0.2, 0.25) is 11.8 Å². The van der Waals surface area contributed by atoms with E-state index in [1.165, 1.54) is 9.13 Å². The molecule has 20 nitrogen and oxygen atoms in total. The molecule has 4 fully saturated rings. The van der Waals surface area contributed by atoms with Crippen LogP contribution in [-0.4, -0.2) is 131 Å². The summed E-state index contributed by atoms with van der Waals surface area (Å²) in [6.45, 7) is 18.9. The van der Waals surface area contributed by atoms with Gasteiger partial charge < -0.3 is 53.2 Å². The van der Waals surface area contributed by atoms with Crippen molar-refractivity contribution >= 4 is 32.0 Å². The minimum Gasteiger partial charge on any atom is -0.388 e. The first kappa shape index (κ1) is 54.3. The molecule has 4 aliphatic rings. The molecule has 2 unspecified atom stereocenters. The van der Waals surface area contributed by atoms with Crippen molar-refractivity contribution in [2.75, 3.05) is 57.8 Å². The van der Waals surface area contributed by atoms with Crippen LogP contribution in [0.2, 0.25) is 0 Å². The van der Waals surface area contributed by atoms with Gasteiger partial charge in [0, 0.05) is 56.1 Å². The molecule has 3 N–H and O–H groups in total. The lowest BCUT2D eigenvalue weighted by atomic mass is 9.87. The molecule has 11 atom stereocenters. The fourth-order valence-corrected chi connectivity index (χ4v) is 11.0. The molecule has 21 heteroatoms. The Morgan fingerprint density at radius 2 is 1.30 bits per heavy atom. The molecular formula is C48H72N7O13P. The van der Waals surface area contributed by atoms with Crippen LogP contribution >= 0.6 is 8.53 Å². The van der Waals surface area contributed by atoms with Gasteiger partial charge in [-0.25, -0.2) is 14.3 Å². The van der Waals surface area contributed by atoms with Gasteiger partial charge in [-0.2, -0.15) is 9.97 Å². The van der Waals surface area contributed by atoms with E-state index in [1.54, 1.807) is 68.2 Å². The van der Waals surface area contributed by atoms with E-state index in [4.69, 9.17) is 37.5 Å². The van der Waals surface area contributed by atoms with Crippen LogP contribution in [0.1, 0.15) is 103 Å². The number of anilines is 2. The maximum Gasteiger partial charge on any atom is 0.351 e. The first-order valence-electron chi connectivity index (χ1n) is 24.0. The van der Waals surface area contributed by atoms with E-state index in [0.717, 1.165) is 24.9 Å². The van der Waals surface area contributed by atoms with Gasteiger partial charge in [-0.15, -0.1) is 0 Å². The SMILES string of the molecule is CC[C@H]1O[C@@H](n2cc(C)c(NC(=O)C(C)C)nc2=O)C(OCCOC)[C@H]1O.CC[C@H]1O[C@@H](n2cc(C)c(NC(=O)C(C)C)nc2=O)C(OCCOC)[C@H]1O[P@@]1O[C@](C)(c2ccccc2)[C@@H]2CCCN21. The second-order valence-corrected chi connectivity index (χ2v) is 19.9. The van der Waals surface area contributed by atoms with E-state index < -0.39 is 68.5 Å². The summed E-state index contributed by atoms with van der Waals surface area (Å²) in [5.41, 5.74) is 0.756. The predicted octanol–water partition coefficient (Wildman–Crippen LogP) is 5.35. The smallest absolute Gasteiger partial charge is 0.351 e. The van der Waals surface area contributed by atoms with E-state index in [9.17, 15) is 24.3 Å². The van der Waals surface area contributed by atoms with Crippen LogP contribution in [0.25, 0.3) is 0 Å². The number of methoxy groups -OCH3 is 2. The summed E-state index contributed by atoms with van der Waals surface area (Å²) in [5.74, 6) is -0.438. The second kappa shape index (κ2) is 24.4. The van der Waals surface area contributed by atoms with Crippen LogP contribution in [0.5, 0.6) is 0 Å². The van der Waals surface area contributed by atoms with E-state index in [0.29, 0.717) is 43.8 Å². The van der Waals surface area contributed by atoms with Crippen molar-refractivity contribution in [1.29, 1.82) is 0 Å². The summed E-state index contributed by atoms with van der Waals surface area (Å²) >= 11 is 0. The maximum atomic E-state index is 13.3. The highest BCUT2D eigenvalue weighted by molar-refractivity contribution is 7.45. The molecule has 0 aliphatic carbocycles. The Balaban J connectivity index is 0.000000251. The van der Waals surface area contributed by atoms with E-state index >= 15 is 0 Å². The third-order valence-corrected chi connectivity index (χ3v) is 14.7. The van der Waals surface area contributed by atoms with E-state index in [1.807, 2.05) is 32.0 Å². The van der Waals surface area contributed by atoms with Crippen LogP contribution < -0.4 is 22.0 Å². The zero-order chi connectivity index (χ0) is 50.2. The lowest BCUT2D eigenvalue weighted by molar-refractivity contribution is -0.119. The fourth-order valence-electron chi connectivity index (χ4n) is 8.82. The Bertz CT molecular complexity index is 2300. The first-order valence-corrected chi connectivity index (χ1v) is 25.1. The number of aliphatic hydroxyl groups is 1. The molecule has 6 heterocycles. The zero-order valence-electron chi connectivity index (χ0n) is 41.8. The number of aryl methyl sites for hydroxylation is 2. The fraction of sp³-hybridized carbons (Fsp3) is 0.667. The standard InChI is InChI=1S/C30H43N4O7P.C18H29N3O6/c1-7-22-24(40-42-34-15-11-14-23(34)30(5,41-42)21-12-9-8-10-13-21)25(38-17-16-37-6)28(39-22)33-18-20(4)26(32-29(33)36)31-27(35)19(2)3;1-6-12-13(22)14(26-8-7-25-5)17(27-12)21-9-11(4)15(20-18(21)24)19-16(23)10(2)3/h8-10,12-13,18-19,22-25,28H,7,11,14-17H2,1-6H3,(H,31,32,35,36);9-10,12-14,17,22H,6-8H2,1-5H3,(H,19,20,23,24)/t22-,23+,24+,25?,28-,30-,42+;12-,13+,14?,17-/m11/s1. The molecule has 2 amide bonds. The lowest BCUT2D eigenvalue weighted by Gasteiger charge is -2.29. The van der Waals surface area contributed by atoms with Gasteiger partial charge in [0.15, 0.2) is 12.5 Å². The number of fused-ring (bicyclic) bond motifs is 1. The molecule has 0 saturated carbocycles. The first-order chi connectivity index (χ1) is 33.0. The number of amides is 2. The molecule has 3 aromatic rings. The van der Waals surface area contributed by atoms with Gasteiger partial charge in [0.05, 0.1) is 44.7 Å². The summed E-state index contributed by atoms with van der Waals surface area (Å²) in [6, 6.07) is 10.5. The molecule has 4 saturated heterocycles. The molecule has 0 bridgehead atoms. The van der Waals surface area contributed by atoms with Crippen molar-refractivity contribution in [2.24, 2.45) is 11.8 Å². The van der Waals surface area contributed by atoms with Gasteiger partial charge >= 0.3 is 11.4 Å². The van der Waals surface area contributed by atoms with Crippen LogP contribution in [0.15, 0.2) is 52.3 Å².